The maximum absolute atomic E-state index is 11.4. The first-order valence-electron chi connectivity index (χ1n) is 6.80. The van der Waals surface area contributed by atoms with E-state index in [0.29, 0.717) is 18.3 Å². The highest BCUT2D eigenvalue weighted by atomic mass is 32.2. The van der Waals surface area contributed by atoms with E-state index >= 15 is 0 Å². The minimum Gasteiger partial charge on any atom is -0.497 e. The Morgan fingerprint density at radius 1 is 1.32 bits per heavy atom. The fraction of sp³-hybridized carbons (Fsp3) is 0.533. The summed E-state index contributed by atoms with van der Waals surface area (Å²) in [4.78, 5) is 11.4. The van der Waals surface area contributed by atoms with Gasteiger partial charge in [0.2, 0.25) is 5.91 Å². The van der Waals surface area contributed by atoms with E-state index in [1.165, 1.54) is 29.1 Å². The molecule has 2 saturated heterocycles. The monoisotopic (exact) mass is 277 g/mol. The lowest BCUT2D eigenvalue weighted by atomic mass is 9.86. The van der Waals surface area contributed by atoms with Gasteiger partial charge in [-0.25, -0.2) is 0 Å². The summed E-state index contributed by atoms with van der Waals surface area (Å²) in [5, 5.41) is 2.94. The third kappa shape index (κ3) is 2.59. The van der Waals surface area contributed by atoms with Gasteiger partial charge in [-0.1, -0.05) is 6.07 Å². The minimum atomic E-state index is 0.174. The summed E-state index contributed by atoms with van der Waals surface area (Å²) in [6.07, 6.45) is 1.86. The molecule has 1 aromatic rings. The lowest BCUT2D eigenvalue weighted by molar-refractivity contribution is -0.119. The van der Waals surface area contributed by atoms with Gasteiger partial charge in [-0.05, 0) is 41.4 Å². The van der Waals surface area contributed by atoms with Crippen molar-refractivity contribution >= 4 is 17.7 Å². The van der Waals surface area contributed by atoms with Crippen LogP contribution in [0.4, 0.5) is 0 Å². The topological polar surface area (TPSA) is 38.3 Å². The second-order valence-corrected chi connectivity index (χ2v) is 6.41. The molecule has 0 aromatic heterocycles. The van der Waals surface area contributed by atoms with Crippen LogP contribution in [0.2, 0.25) is 0 Å². The van der Waals surface area contributed by atoms with Crippen LogP contribution in [0.1, 0.15) is 35.8 Å². The molecular weight excluding hydrogens is 258 g/mol. The van der Waals surface area contributed by atoms with Crippen molar-refractivity contribution in [3.05, 3.63) is 29.3 Å². The van der Waals surface area contributed by atoms with Crippen LogP contribution < -0.4 is 10.1 Å². The fourth-order valence-electron chi connectivity index (χ4n) is 3.01. The molecule has 0 spiro atoms. The molecule has 3 rings (SSSR count). The number of amides is 1. The van der Waals surface area contributed by atoms with Crippen molar-refractivity contribution in [2.24, 2.45) is 0 Å². The molecule has 4 heteroatoms. The molecule has 102 valence electrons. The predicted octanol–water partition coefficient (Wildman–Crippen LogP) is 2.52. The molecule has 0 saturated carbocycles. The molecule has 3 nitrogen and oxygen atoms in total. The van der Waals surface area contributed by atoms with Gasteiger partial charge < -0.3 is 10.1 Å². The Balaban J connectivity index is 1.95. The van der Waals surface area contributed by atoms with Crippen LogP contribution in [-0.2, 0) is 4.79 Å². The Kier molecular flexibility index (Phi) is 3.69. The van der Waals surface area contributed by atoms with E-state index in [4.69, 9.17) is 4.74 Å². The van der Waals surface area contributed by atoms with Gasteiger partial charge >= 0.3 is 0 Å². The Labute approximate surface area is 118 Å². The standard InChI is InChI=1S/C15H19NO2S/c1-18-12-2-3-13(11-6-15(17)16-8-11)14(7-12)10-4-5-19-9-10/h2-3,7,10-11H,4-6,8-9H2,1H3,(H,16,17). The first-order valence-corrected chi connectivity index (χ1v) is 7.95. The maximum Gasteiger partial charge on any atom is 0.220 e. The molecule has 1 aromatic carbocycles. The average Bonchev–Trinajstić information content (AvgIpc) is 3.09. The third-order valence-corrected chi connectivity index (χ3v) is 5.24. The van der Waals surface area contributed by atoms with Crippen molar-refractivity contribution in [1.29, 1.82) is 0 Å². The van der Waals surface area contributed by atoms with Crippen molar-refractivity contribution in [2.45, 2.75) is 24.7 Å². The number of hydrogen-bond acceptors (Lipinski definition) is 3. The van der Waals surface area contributed by atoms with E-state index in [1.54, 1.807) is 7.11 Å². The smallest absolute Gasteiger partial charge is 0.220 e. The van der Waals surface area contributed by atoms with Crippen molar-refractivity contribution in [1.82, 2.24) is 5.32 Å². The van der Waals surface area contributed by atoms with Gasteiger partial charge in [0.25, 0.3) is 0 Å². The molecule has 2 aliphatic rings. The van der Waals surface area contributed by atoms with Crippen LogP contribution in [-0.4, -0.2) is 31.1 Å². The number of carbonyl (C=O) groups excluding carboxylic acids is 1. The van der Waals surface area contributed by atoms with Gasteiger partial charge in [0, 0.05) is 24.6 Å². The van der Waals surface area contributed by atoms with Crippen LogP contribution >= 0.6 is 11.8 Å². The zero-order valence-corrected chi connectivity index (χ0v) is 12.0. The maximum atomic E-state index is 11.4. The van der Waals surface area contributed by atoms with E-state index in [-0.39, 0.29) is 5.91 Å². The molecule has 19 heavy (non-hydrogen) atoms. The summed E-state index contributed by atoms with van der Waals surface area (Å²) < 4.78 is 5.36. The van der Waals surface area contributed by atoms with Crippen molar-refractivity contribution in [3.8, 4) is 5.75 Å². The zero-order chi connectivity index (χ0) is 13.2. The summed E-state index contributed by atoms with van der Waals surface area (Å²) in [5.74, 6) is 4.47. The SMILES string of the molecule is COc1ccc(C2CNC(=O)C2)c(C2CCSC2)c1. The Bertz CT molecular complexity index is 483. The quantitative estimate of drug-likeness (QED) is 0.922. The van der Waals surface area contributed by atoms with Crippen molar-refractivity contribution in [2.75, 3.05) is 25.2 Å². The molecular formula is C15H19NO2S. The molecule has 2 aliphatic heterocycles. The molecule has 0 radical (unpaired) electrons. The highest BCUT2D eigenvalue weighted by Gasteiger charge is 2.28. The number of thioether (sulfide) groups is 1. The van der Waals surface area contributed by atoms with Gasteiger partial charge in [0.1, 0.15) is 5.75 Å². The van der Waals surface area contributed by atoms with E-state index < -0.39 is 0 Å². The first-order chi connectivity index (χ1) is 9.28. The zero-order valence-electron chi connectivity index (χ0n) is 11.1. The lowest BCUT2D eigenvalue weighted by Gasteiger charge is -2.19. The molecule has 2 heterocycles. The van der Waals surface area contributed by atoms with Gasteiger partial charge in [-0.2, -0.15) is 11.8 Å². The Morgan fingerprint density at radius 2 is 2.21 bits per heavy atom. The summed E-state index contributed by atoms with van der Waals surface area (Å²) in [7, 11) is 1.71. The molecule has 2 fully saturated rings. The molecule has 2 atom stereocenters. The van der Waals surface area contributed by atoms with Crippen molar-refractivity contribution in [3.63, 3.8) is 0 Å². The molecule has 1 amide bonds. The normalized spacial score (nSPS) is 26.5. The minimum absolute atomic E-state index is 0.174. The highest BCUT2D eigenvalue weighted by molar-refractivity contribution is 7.99. The first kappa shape index (κ1) is 12.9. The molecule has 0 bridgehead atoms. The number of carbonyl (C=O) groups is 1. The van der Waals surface area contributed by atoms with Gasteiger partial charge in [-0.15, -0.1) is 0 Å². The number of benzene rings is 1. The van der Waals surface area contributed by atoms with Crippen LogP contribution in [0.25, 0.3) is 0 Å². The van der Waals surface area contributed by atoms with Gasteiger partial charge in [0.15, 0.2) is 0 Å². The molecule has 0 aliphatic carbocycles. The van der Waals surface area contributed by atoms with E-state index in [1.807, 2.05) is 17.8 Å². The lowest BCUT2D eigenvalue weighted by Crippen LogP contribution is -2.14. The van der Waals surface area contributed by atoms with E-state index in [9.17, 15) is 4.79 Å². The highest BCUT2D eigenvalue weighted by Crippen LogP contribution is 2.39. The Morgan fingerprint density at radius 3 is 2.84 bits per heavy atom. The van der Waals surface area contributed by atoms with E-state index in [2.05, 4.69) is 17.4 Å². The number of ether oxygens (including phenoxy) is 1. The van der Waals surface area contributed by atoms with Crippen LogP contribution in [0, 0.1) is 0 Å². The molecule has 1 N–H and O–H groups in total. The summed E-state index contributed by atoms with van der Waals surface area (Å²) in [6.45, 7) is 0.776. The second kappa shape index (κ2) is 5.45. The molecule has 2 unspecified atom stereocenters. The van der Waals surface area contributed by atoms with E-state index in [0.717, 1.165) is 12.3 Å². The van der Waals surface area contributed by atoms with Crippen LogP contribution in [0.15, 0.2) is 18.2 Å². The summed E-state index contributed by atoms with van der Waals surface area (Å²) >= 11 is 2.02. The fourth-order valence-corrected chi connectivity index (χ4v) is 4.26. The largest absolute Gasteiger partial charge is 0.497 e. The van der Waals surface area contributed by atoms with Gasteiger partial charge in [-0.3, -0.25) is 4.79 Å². The number of hydrogen-bond donors (Lipinski definition) is 1. The van der Waals surface area contributed by atoms with Gasteiger partial charge in [0.05, 0.1) is 7.11 Å². The Hall–Kier alpha value is -1.16. The summed E-state index contributed by atoms with van der Waals surface area (Å²) in [6, 6.07) is 6.35. The van der Waals surface area contributed by atoms with Crippen LogP contribution in [0.3, 0.4) is 0 Å². The summed E-state index contributed by atoms with van der Waals surface area (Å²) in [5.41, 5.74) is 2.73. The van der Waals surface area contributed by atoms with Crippen molar-refractivity contribution < 1.29 is 9.53 Å². The third-order valence-electron chi connectivity index (χ3n) is 4.08. The van der Waals surface area contributed by atoms with Crippen LogP contribution in [0.5, 0.6) is 5.75 Å². The predicted molar refractivity (Wildman–Crippen MR) is 78.0 cm³/mol. The average molecular weight is 277 g/mol. The second-order valence-electron chi connectivity index (χ2n) is 5.26. The number of nitrogens with one attached hydrogen (secondary N) is 1. The number of methoxy groups -OCH3 is 1. The number of rotatable bonds is 3.